The number of hydrogen-bond donors (Lipinski definition) is 1. The Labute approximate surface area is 238 Å². The van der Waals surface area contributed by atoms with Gasteiger partial charge in [0.15, 0.2) is 7.28 Å². The quantitative estimate of drug-likeness (QED) is 0.200. The Morgan fingerprint density at radius 3 is 2.27 bits per heavy atom. The van der Waals surface area contributed by atoms with E-state index in [0.717, 1.165) is 0 Å². The highest BCUT2D eigenvalue weighted by molar-refractivity contribution is 7.26. The maximum Gasteiger partial charge on any atom is 0.197 e. The van der Waals surface area contributed by atoms with E-state index in [1.54, 1.807) is 0 Å². The first kappa shape index (κ1) is 21.5. The Hall–Kier alpha value is -4.32. The van der Waals surface area contributed by atoms with Crippen LogP contribution in [-0.4, -0.2) is 16.8 Å². The Morgan fingerprint density at radius 1 is 0.675 bits per heavy atom. The molecule has 5 heterocycles. The van der Waals surface area contributed by atoms with Gasteiger partial charge in [0, 0.05) is 58.5 Å². The third-order valence-corrected chi connectivity index (χ3v) is 10.9. The van der Waals surface area contributed by atoms with Gasteiger partial charge in [0.25, 0.3) is 0 Å². The third kappa shape index (κ3) is 2.60. The zero-order valence-corrected chi connectivity index (χ0v) is 23.2. The summed E-state index contributed by atoms with van der Waals surface area (Å²) in [6.45, 7) is 2.23. The molecule has 1 radical (unpaired) electrons. The lowest BCUT2D eigenvalue weighted by atomic mass is 9.59. The van der Waals surface area contributed by atoms with Crippen LogP contribution in [0.15, 0.2) is 97.1 Å². The number of para-hydroxylation sites is 2. The molecule has 5 heteroatoms. The minimum absolute atomic E-state index is 1.22. The molecule has 185 valence electrons. The molecule has 2 nitrogen and oxygen atoms in total. The number of aromatic amines is 1. The molecule has 0 spiro atoms. The number of aromatic nitrogens is 2. The first-order valence-electron chi connectivity index (χ1n) is 13.6. The molecule has 0 amide bonds. The van der Waals surface area contributed by atoms with Gasteiger partial charge in [-0.25, -0.2) is 0 Å². The third-order valence-electron chi connectivity index (χ3n) is 8.64. The van der Waals surface area contributed by atoms with Gasteiger partial charge in [-0.05, 0) is 41.7 Å². The fourth-order valence-electron chi connectivity index (χ4n) is 7.04. The fourth-order valence-corrected chi connectivity index (χ4v) is 9.40. The molecule has 1 N–H and O–H groups in total. The smallest absolute Gasteiger partial charge is 0.197 e. The average molecular weight is 544 g/mol. The molecule has 1 aliphatic rings. The van der Waals surface area contributed by atoms with Gasteiger partial charge >= 0.3 is 0 Å². The van der Waals surface area contributed by atoms with Crippen LogP contribution in [0.1, 0.15) is 5.56 Å². The van der Waals surface area contributed by atoms with Crippen LogP contribution in [0, 0.1) is 6.92 Å². The zero-order chi connectivity index (χ0) is 26.1. The van der Waals surface area contributed by atoms with Gasteiger partial charge in [-0.1, -0.05) is 84.3 Å². The highest BCUT2D eigenvalue weighted by Gasteiger charge is 2.28. The van der Waals surface area contributed by atoms with Crippen molar-refractivity contribution in [2.45, 2.75) is 6.92 Å². The zero-order valence-electron chi connectivity index (χ0n) is 21.6. The van der Waals surface area contributed by atoms with Crippen molar-refractivity contribution in [2.75, 3.05) is 0 Å². The van der Waals surface area contributed by atoms with E-state index in [4.69, 9.17) is 0 Å². The van der Waals surface area contributed by atoms with Gasteiger partial charge in [-0.15, -0.1) is 22.7 Å². The van der Waals surface area contributed by atoms with E-state index in [0.29, 0.717) is 0 Å². The van der Waals surface area contributed by atoms with E-state index in [2.05, 4.69) is 121 Å². The fraction of sp³-hybridized carbons (Fsp3) is 0.0286. The Morgan fingerprint density at radius 2 is 1.40 bits per heavy atom. The first-order chi connectivity index (χ1) is 19.7. The molecule has 5 aromatic carbocycles. The number of thiophene rings is 2. The number of benzene rings is 5. The number of fused-ring (bicyclic) bond motifs is 12. The van der Waals surface area contributed by atoms with Gasteiger partial charge < -0.3 is 9.55 Å². The van der Waals surface area contributed by atoms with Gasteiger partial charge in [0.2, 0.25) is 0 Å². The minimum atomic E-state index is 1.22. The van der Waals surface area contributed by atoms with Crippen molar-refractivity contribution in [3.8, 4) is 16.8 Å². The summed E-state index contributed by atoms with van der Waals surface area (Å²) in [5.74, 6) is 0. The largest absolute Gasteiger partial charge is 0.346 e. The molecular weight excluding hydrogens is 523 g/mol. The molecular formula is C35H20BN2S2. The van der Waals surface area contributed by atoms with Crippen LogP contribution in [0.5, 0.6) is 0 Å². The van der Waals surface area contributed by atoms with Crippen molar-refractivity contribution < 1.29 is 0 Å². The molecule has 4 aromatic heterocycles. The van der Waals surface area contributed by atoms with Crippen molar-refractivity contribution in [3.05, 3.63) is 103 Å². The molecule has 0 fully saturated rings. The van der Waals surface area contributed by atoms with Gasteiger partial charge in [-0.2, -0.15) is 0 Å². The maximum absolute atomic E-state index is 3.84. The summed E-state index contributed by atoms with van der Waals surface area (Å²) < 4.78 is 5.21. The molecule has 0 saturated heterocycles. The van der Waals surface area contributed by atoms with Crippen LogP contribution in [0.25, 0.3) is 79.2 Å². The van der Waals surface area contributed by atoms with Gasteiger partial charge in [-0.3, -0.25) is 0 Å². The van der Waals surface area contributed by atoms with Crippen LogP contribution < -0.4 is 10.9 Å². The average Bonchev–Trinajstić information content (AvgIpc) is 3.71. The minimum Gasteiger partial charge on any atom is -0.346 e. The second-order valence-electron chi connectivity index (χ2n) is 10.9. The highest BCUT2D eigenvalue weighted by atomic mass is 32.1. The lowest BCUT2D eigenvalue weighted by Crippen LogP contribution is -2.37. The Kier molecular flexibility index (Phi) is 4.00. The topological polar surface area (TPSA) is 20.7 Å². The Balaban J connectivity index is 1.32. The number of nitrogens with one attached hydrogen (secondary N) is 1. The molecule has 10 rings (SSSR count). The summed E-state index contributed by atoms with van der Waals surface area (Å²) in [6, 6.07) is 35.9. The summed E-state index contributed by atoms with van der Waals surface area (Å²) >= 11 is 3.75. The summed E-state index contributed by atoms with van der Waals surface area (Å²) in [5.41, 5.74) is 10.2. The van der Waals surface area contributed by atoms with Crippen LogP contribution in [0.2, 0.25) is 0 Å². The summed E-state index contributed by atoms with van der Waals surface area (Å²) in [6.07, 6.45) is 0. The van der Waals surface area contributed by atoms with E-state index >= 15 is 0 Å². The summed E-state index contributed by atoms with van der Waals surface area (Å²) in [5, 5.41) is 8.04. The van der Waals surface area contributed by atoms with Crippen molar-refractivity contribution in [3.63, 3.8) is 0 Å². The lowest BCUT2D eigenvalue weighted by Gasteiger charge is -2.24. The Bertz CT molecular complexity index is 2540. The molecule has 40 heavy (non-hydrogen) atoms. The monoisotopic (exact) mass is 543 g/mol. The molecule has 0 aliphatic carbocycles. The van der Waals surface area contributed by atoms with E-state index in [9.17, 15) is 0 Å². The predicted octanol–water partition coefficient (Wildman–Crippen LogP) is 8.79. The number of aryl methyl sites for hydroxylation is 1. The standard InChI is InChI=1S/C35H20BN2S2/c1-18-16-24(19-10-6-11-22-29-20-8-2-4-14-27(20)39-34(29)37-32(19)22)31-26(17-18)38-33-23(12-7-13-25(33)36-31)30-21-9-3-5-15-28(21)40-35(30)38/h2-17,37H,1H3. The molecule has 0 atom stereocenters. The first-order valence-corrected chi connectivity index (χ1v) is 15.2. The number of nitrogens with zero attached hydrogens (tertiary/aromatic N) is 1. The van der Waals surface area contributed by atoms with E-state index in [1.165, 1.54) is 95.7 Å². The lowest BCUT2D eigenvalue weighted by molar-refractivity contribution is 1.20. The summed E-state index contributed by atoms with van der Waals surface area (Å²) in [7, 11) is 2.41. The number of H-pyrrole nitrogens is 1. The molecule has 0 bridgehead atoms. The number of rotatable bonds is 1. The molecule has 9 aromatic rings. The predicted molar refractivity (Wildman–Crippen MR) is 176 cm³/mol. The van der Waals surface area contributed by atoms with Crippen molar-refractivity contribution in [1.29, 1.82) is 0 Å². The van der Waals surface area contributed by atoms with Crippen molar-refractivity contribution in [1.82, 2.24) is 9.55 Å². The van der Waals surface area contributed by atoms with E-state index in [1.807, 2.05) is 22.7 Å². The van der Waals surface area contributed by atoms with Crippen LogP contribution in [0.3, 0.4) is 0 Å². The molecule has 0 saturated carbocycles. The second kappa shape index (κ2) is 7.45. The maximum atomic E-state index is 3.84. The number of hydrogen-bond acceptors (Lipinski definition) is 2. The van der Waals surface area contributed by atoms with E-state index < -0.39 is 0 Å². The highest BCUT2D eigenvalue weighted by Crippen LogP contribution is 2.44. The van der Waals surface area contributed by atoms with Crippen LogP contribution in [-0.2, 0) is 0 Å². The van der Waals surface area contributed by atoms with Gasteiger partial charge in [0.05, 0.1) is 5.52 Å². The molecule has 1 aliphatic heterocycles. The SMILES string of the molecule is Cc1cc(-c2cccc3c2[nH]c2sc4ccccc4c23)c2c(c1)-n1c3sc4ccccc4c3c3cccc(c31)[B]2. The second-order valence-corrected chi connectivity index (χ2v) is 13.0. The molecule has 0 unspecified atom stereocenters. The van der Waals surface area contributed by atoms with Gasteiger partial charge in [0.1, 0.15) is 9.66 Å². The van der Waals surface area contributed by atoms with Crippen molar-refractivity contribution in [2.24, 2.45) is 0 Å². The van der Waals surface area contributed by atoms with E-state index in [-0.39, 0.29) is 0 Å². The van der Waals surface area contributed by atoms with Crippen LogP contribution >= 0.6 is 22.7 Å². The van der Waals surface area contributed by atoms with Crippen molar-refractivity contribution >= 4 is 103 Å². The normalized spacial score (nSPS) is 12.8. The van der Waals surface area contributed by atoms with Crippen LogP contribution in [0.4, 0.5) is 0 Å². The summed E-state index contributed by atoms with van der Waals surface area (Å²) in [4.78, 5) is 6.42.